The van der Waals surface area contributed by atoms with Gasteiger partial charge in [0.1, 0.15) is 5.76 Å². The van der Waals surface area contributed by atoms with E-state index in [1.54, 1.807) is 17.9 Å². The van der Waals surface area contributed by atoms with Gasteiger partial charge >= 0.3 is 0 Å². The van der Waals surface area contributed by atoms with Gasteiger partial charge in [-0.3, -0.25) is 25.0 Å². The molecule has 3 aromatic rings. The summed E-state index contributed by atoms with van der Waals surface area (Å²) < 4.78 is 4.90. The quantitative estimate of drug-likeness (QED) is 0.514. The van der Waals surface area contributed by atoms with E-state index >= 15 is 0 Å². The SMILES string of the molecule is Cc1cc(C(=O)Nc2nc3c(s2)CN(C(=O)c2cccc([N+](=O)[O-])c2)CC3)no1. The van der Waals surface area contributed by atoms with Gasteiger partial charge in [0.15, 0.2) is 10.8 Å². The zero-order valence-electron chi connectivity index (χ0n) is 15.2. The summed E-state index contributed by atoms with van der Waals surface area (Å²) in [7, 11) is 0. The van der Waals surface area contributed by atoms with Crippen LogP contribution in [0.25, 0.3) is 0 Å². The number of aryl methyl sites for hydroxylation is 1. The van der Waals surface area contributed by atoms with E-state index in [9.17, 15) is 19.7 Å². The molecule has 2 aromatic heterocycles. The Balaban J connectivity index is 1.47. The van der Waals surface area contributed by atoms with Crippen molar-refractivity contribution < 1.29 is 19.0 Å². The Morgan fingerprint density at radius 1 is 1.34 bits per heavy atom. The molecule has 1 N–H and O–H groups in total. The Morgan fingerprint density at radius 3 is 2.90 bits per heavy atom. The molecule has 4 rings (SSSR count). The smallest absolute Gasteiger partial charge is 0.279 e. The first-order valence-corrected chi connectivity index (χ1v) is 9.49. The lowest BCUT2D eigenvalue weighted by atomic mass is 10.1. The predicted molar refractivity (Wildman–Crippen MR) is 103 cm³/mol. The van der Waals surface area contributed by atoms with Crippen LogP contribution in [0, 0.1) is 17.0 Å². The van der Waals surface area contributed by atoms with Crippen LogP contribution in [0.15, 0.2) is 34.9 Å². The molecular weight excluding hydrogens is 398 g/mol. The highest BCUT2D eigenvalue weighted by molar-refractivity contribution is 7.15. The maximum atomic E-state index is 12.8. The summed E-state index contributed by atoms with van der Waals surface area (Å²) in [6, 6.07) is 7.20. The normalized spacial score (nSPS) is 13.1. The lowest BCUT2D eigenvalue weighted by Crippen LogP contribution is -2.35. The van der Waals surface area contributed by atoms with Crippen LogP contribution >= 0.6 is 11.3 Å². The standard InChI is InChI=1S/C18H15N5O5S/c1-10-7-14(21-28-10)16(24)20-18-19-13-5-6-22(9-15(13)29-18)17(25)11-3-2-4-12(8-11)23(26)27/h2-4,7-8H,5-6,9H2,1H3,(H,19,20,24). The molecule has 0 unspecified atom stereocenters. The van der Waals surface area contributed by atoms with Gasteiger partial charge in [0.25, 0.3) is 17.5 Å². The van der Waals surface area contributed by atoms with E-state index in [2.05, 4.69) is 15.5 Å². The number of aromatic nitrogens is 2. The molecular formula is C18H15N5O5S. The molecule has 0 spiro atoms. The van der Waals surface area contributed by atoms with Gasteiger partial charge in [0.05, 0.1) is 17.2 Å². The molecule has 2 amide bonds. The molecule has 1 aromatic carbocycles. The number of benzene rings is 1. The van der Waals surface area contributed by atoms with Crippen LogP contribution in [0.4, 0.5) is 10.8 Å². The summed E-state index contributed by atoms with van der Waals surface area (Å²) >= 11 is 1.29. The van der Waals surface area contributed by atoms with Gasteiger partial charge in [0, 0.05) is 41.6 Å². The fourth-order valence-corrected chi connectivity index (χ4v) is 4.01. The number of hydrogen-bond donors (Lipinski definition) is 1. The predicted octanol–water partition coefficient (Wildman–Crippen LogP) is 2.80. The minimum absolute atomic E-state index is 0.126. The number of hydrogen-bond acceptors (Lipinski definition) is 8. The molecule has 3 heterocycles. The summed E-state index contributed by atoms with van der Waals surface area (Å²) in [4.78, 5) is 42.3. The minimum Gasteiger partial charge on any atom is -0.361 e. The number of fused-ring (bicyclic) bond motifs is 1. The van der Waals surface area contributed by atoms with Crippen molar-refractivity contribution in [2.75, 3.05) is 11.9 Å². The zero-order chi connectivity index (χ0) is 20.5. The van der Waals surface area contributed by atoms with Crippen LogP contribution in [0.5, 0.6) is 0 Å². The fourth-order valence-electron chi connectivity index (χ4n) is 2.99. The van der Waals surface area contributed by atoms with E-state index in [0.717, 1.165) is 10.6 Å². The van der Waals surface area contributed by atoms with E-state index < -0.39 is 10.8 Å². The molecule has 11 heteroatoms. The molecule has 10 nitrogen and oxygen atoms in total. The summed E-state index contributed by atoms with van der Waals surface area (Å²) in [6.45, 7) is 2.46. The molecule has 0 fully saturated rings. The lowest BCUT2D eigenvalue weighted by Gasteiger charge is -2.26. The number of rotatable bonds is 4. The van der Waals surface area contributed by atoms with Crippen molar-refractivity contribution in [2.45, 2.75) is 19.9 Å². The highest BCUT2D eigenvalue weighted by atomic mass is 32.1. The highest BCUT2D eigenvalue weighted by Gasteiger charge is 2.26. The van der Waals surface area contributed by atoms with Crippen molar-refractivity contribution in [1.82, 2.24) is 15.0 Å². The third kappa shape index (κ3) is 3.85. The molecule has 0 atom stereocenters. The van der Waals surface area contributed by atoms with E-state index in [1.807, 2.05) is 0 Å². The Bertz CT molecular complexity index is 1120. The highest BCUT2D eigenvalue weighted by Crippen LogP contribution is 2.29. The van der Waals surface area contributed by atoms with E-state index in [0.29, 0.717) is 30.4 Å². The van der Waals surface area contributed by atoms with Crippen molar-refractivity contribution in [2.24, 2.45) is 0 Å². The van der Waals surface area contributed by atoms with E-state index in [4.69, 9.17) is 4.52 Å². The second kappa shape index (κ2) is 7.43. The molecule has 1 aliphatic heterocycles. The van der Waals surface area contributed by atoms with Gasteiger partial charge in [-0.1, -0.05) is 22.6 Å². The maximum Gasteiger partial charge on any atom is 0.279 e. The number of nitrogens with one attached hydrogen (secondary N) is 1. The summed E-state index contributed by atoms with van der Waals surface area (Å²) in [6.07, 6.45) is 0.533. The first kappa shape index (κ1) is 18.7. The summed E-state index contributed by atoms with van der Waals surface area (Å²) in [5, 5.41) is 17.7. The van der Waals surface area contributed by atoms with Gasteiger partial charge in [-0.25, -0.2) is 4.98 Å². The zero-order valence-corrected chi connectivity index (χ0v) is 16.1. The maximum absolute atomic E-state index is 12.8. The molecule has 148 valence electrons. The average molecular weight is 413 g/mol. The van der Waals surface area contributed by atoms with Gasteiger partial charge in [0.2, 0.25) is 0 Å². The number of amides is 2. The molecule has 29 heavy (non-hydrogen) atoms. The van der Waals surface area contributed by atoms with Gasteiger partial charge in [-0.15, -0.1) is 0 Å². The van der Waals surface area contributed by atoms with Crippen LogP contribution in [0.3, 0.4) is 0 Å². The first-order chi connectivity index (χ1) is 13.9. The van der Waals surface area contributed by atoms with Crippen LogP contribution in [0.1, 0.15) is 37.2 Å². The average Bonchev–Trinajstić information content (AvgIpc) is 3.32. The Hall–Kier alpha value is -3.60. The number of nitro benzene ring substituents is 1. The van der Waals surface area contributed by atoms with Crippen molar-refractivity contribution in [1.29, 1.82) is 0 Å². The Labute approximate surface area is 168 Å². The van der Waals surface area contributed by atoms with Gasteiger partial charge < -0.3 is 9.42 Å². The second-order valence-corrected chi connectivity index (χ2v) is 7.53. The van der Waals surface area contributed by atoms with Crippen molar-refractivity contribution in [3.63, 3.8) is 0 Å². The molecule has 0 saturated heterocycles. The van der Waals surface area contributed by atoms with Crippen LogP contribution in [-0.2, 0) is 13.0 Å². The number of nitrogens with zero attached hydrogens (tertiary/aromatic N) is 4. The molecule has 0 bridgehead atoms. The van der Waals surface area contributed by atoms with Crippen molar-refractivity contribution in [3.8, 4) is 0 Å². The summed E-state index contributed by atoms with van der Waals surface area (Å²) in [5.41, 5.74) is 1.13. The van der Waals surface area contributed by atoms with E-state index in [-0.39, 0.29) is 22.9 Å². The number of nitro groups is 1. The van der Waals surface area contributed by atoms with Crippen LogP contribution in [0.2, 0.25) is 0 Å². The second-order valence-electron chi connectivity index (χ2n) is 6.45. The van der Waals surface area contributed by atoms with Gasteiger partial charge in [-0.05, 0) is 13.0 Å². The molecule has 0 radical (unpaired) electrons. The number of carbonyl (C=O) groups excluding carboxylic acids is 2. The fraction of sp³-hybridized carbons (Fsp3) is 0.222. The topological polar surface area (TPSA) is 131 Å². The number of non-ortho nitro benzene ring substituents is 1. The Kier molecular flexibility index (Phi) is 4.80. The first-order valence-electron chi connectivity index (χ1n) is 8.67. The minimum atomic E-state index is -0.528. The molecule has 0 saturated carbocycles. The third-order valence-corrected chi connectivity index (χ3v) is 5.40. The van der Waals surface area contributed by atoms with Crippen molar-refractivity contribution >= 4 is 34.0 Å². The summed E-state index contributed by atoms with van der Waals surface area (Å²) in [5.74, 6) is -0.169. The van der Waals surface area contributed by atoms with Crippen molar-refractivity contribution in [3.05, 3.63) is 68.0 Å². The number of carbonyl (C=O) groups is 2. The number of thiazole rings is 1. The molecule has 0 aliphatic carbocycles. The van der Waals surface area contributed by atoms with Crippen LogP contribution in [-0.4, -0.2) is 38.3 Å². The third-order valence-electron chi connectivity index (χ3n) is 4.40. The molecule has 1 aliphatic rings. The van der Waals surface area contributed by atoms with Crippen LogP contribution < -0.4 is 5.32 Å². The largest absolute Gasteiger partial charge is 0.361 e. The van der Waals surface area contributed by atoms with E-state index in [1.165, 1.54) is 35.6 Å². The number of anilines is 1. The monoisotopic (exact) mass is 413 g/mol. The Morgan fingerprint density at radius 2 is 2.17 bits per heavy atom. The van der Waals surface area contributed by atoms with Gasteiger partial charge in [-0.2, -0.15) is 0 Å². The lowest BCUT2D eigenvalue weighted by molar-refractivity contribution is -0.384.